The third-order valence-electron chi connectivity index (χ3n) is 5.47. The van der Waals surface area contributed by atoms with E-state index in [1.807, 2.05) is 27.0 Å². The average Bonchev–Trinajstić information content (AvgIpc) is 2.90. The fraction of sp³-hybridized carbons (Fsp3) is 0.778. The van der Waals surface area contributed by atoms with Gasteiger partial charge in [-0.05, 0) is 45.6 Å². The van der Waals surface area contributed by atoms with Crippen LogP contribution in [0.5, 0.6) is 0 Å². The summed E-state index contributed by atoms with van der Waals surface area (Å²) in [4.78, 5) is 11.6. The number of nitrogens with zero attached hydrogens (tertiary/aromatic N) is 3. The van der Waals surface area contributed by atoms with Gasteiger partial charge in [-0.15, -0.1) is 0 Å². The Morgan fingerprint density at radius 2 is 2.04 bits per heavy atom. The zero-order valence-corrected chi connectivity index (χ0v) is 15.0. The predicted octanol–water partition coefficient (Wildman–Crippen LogP) is 1.61. The lowest BCUT2D eigenvalue weighted by molar-refractivity contribution is -0.104. The molecular weight excluding hydrogens is 306 g/mol. The lowest BCUT2D eigenvalue weighted by Gasteiger charge is -2.43. The van der Waals surface area contributed by atoms with Gasteiger partial charge in [0.05, 0.1) is 31.5 Å². The second-order valence-electron chi connectivity index (χ2n) is 7.06. The summed E-state index contributed by atoms with van der Waals surface area (Å²) in [5.41, 5.74) is 1.96. The zero-order chi connectivity index (χ0) is 17.2. The van der Waals surface area contributed by atoms with E-state index in [0.29, 0.717) is 12.6 Å². The molecule has 1 aromatic rings. The second kappa shape index (κ2) is 7.44. The van der Waals surface area contributed by atoms with Gasteiger partial charge in [-0.25, -0.2) is 9.97 Å². The highest BCUT2D eigenvalue weighted by molar-refractivity contribution is 5.10. The largest absolute Gasteiger partial charge is 0.394 e. The molecule has 1 saturated carbocycles. The predicted molar refractivity (Wildman–Crippen MR) is 90.7 cm³/mol. The number of aromatic nitrogens is 2. The quantitative estimate of drug-likeness (QED) is 0.852. The molecule has 0 aromatic carbocycles. The molecule has 0 bridgehead atoms. The summed E-state index contributed by atoms with van der Waals surface area (Å²) in [5, 5.41) is 9.00. The molecule has 0 spiro atoms. The summed E-state index contributed by atoms with van der Waals surface area (Å²) in [6.45, 7) is 6.28. The third-order valence-corrected chi connectivity index (χ3v) is 5.47. The standard InChI is InChI=1S/C18H29N3O3/c1-13-10-14(2)20-17(19-13)12-21-7-6-18(23-3)5-4-15(11-16(18)21)24-9-8-22/h10,15-16,22H,4-9,11-12H2,1-3H3/t15-,16+,18-/m1/s1. The maximum absolute atomic E-state index is 9.00. The summed E-state index contributed by atoms with van der Waals surface area (Å²) < 4.78 is 11.8. The van der Waals surface area contributed by atoms with Gasteiger partial charge in [-0.1, -0.05) is 0 Å². The Bertz CT molecular complexity index is 548. The molecule has 1 aliphatic carbocycles. The van der Waals surface area contributed by atoms with E-state index in [1.165, 1.54) is 0 Å². The van der Waals surface area contributed by atoms with Crippen molar-refractivity contribution in [2.75, 3.05) is 26.9 Å². The average molecular weight is 335 g/mol. The summed E-state index contributed by atoms with van der Waals surface area (Å²) in [5.74, 6) is 0.887. The first-order valence-corrected chi connectivity index (χ1v) is 8.89. The lowest BCUT2D eigenvalue weighted by atomic mass is 9.79. The van der Waals surface area contributed by atoms with Crippen LogP contribution in [0.15, 0.2) is 6.07 Å². The van der Waals surface area contributed by atoms with Crippen LogP contribution in [0.3, 0.4) is 0 Å². The highest BCUT2D eigenvalue weighted by Gasteiger charge is 2.51. The van der Waals surface area contributed by atoms with Crippen LogP contribution in [0.25, 0.3) is 0 Å². The van der Waals surface area contributed by atoms with E-state index in [4.69, 9.17) is 14.6 Å². The van der Waals surface area contributed by atoms with Gasteiger partial charge >= 0.3 is 0 Å². The van der Waals surface area contributed by atoms with E-state index in [1.54, 1.807) is 0 Å². The number of fused-ring (bicyclic) bond motifs is 1. The number of aliphatic hydroxyl groups excluding tert-OH is 1. The first-order chi connectivity index (χ1) is 11.6. The Balaban J connectivity index is 1.73. The van der Waals surface area contributed by atoms with Gasteiger partial charge < -0.3 is 14.6 Å². The van der Waals surface area contributed by atoms with Gasteiger partial charge in [0, 0.05) is 31.1 Å². The molecule has 1 aromatic heterocycles. The molecule has 6 nitrogen and oxygen atoms in total. The van der Waals surface area contributed by atoms with Crippen LogP contribution in [0.2, 0.25) is 0 Å². The van der Waals surface area contributed by atoms with Crippen molar-refractivity contribution < 1.29 is 14.6 Å². The molecule has 3 rings (SSSR count). The van der Waals surface area contributed by atoms with Crippen molar-refractivity contribution in [2.24, 2.45) is 0 Å². The maximum Gasteiger partial charge on any atom is 0.142 e. The SMILES string of the molecule is CO[C@@]12CC[C@@H](OCCO)C[C@@H]1N(Cc1nc(C)cc(C)n1)CC2. The van der Waals surface area contributed by atoms with Gasteiger partial charge in [0.1, 0.15) is 5.82 Å². The lowest BCUT2D eigenvalue weighted by Crippen LogP contribution is -2.51. The number of rotatable bonds is 6. The molecule has 0 amide bonds. The zero-order valence-electron chi connectivity index (χ0n) is 15.0. The summed E-state index contributed by atoms with van der Waals surface area (Å²) in [6.07, 6.45) is 4.20. The Labute approximate surface area is 144 Å². The molecule has 134 valence electrons. The third kappa shape index (κ3) is 3.61. The molecule has 2 heterocycles. The Kier molecular flexibility index (Phi) is 5.49. The van der Waals surface area contributed by atoms with Crippen molar-refractivity contribution in [3.8, 4) is 0 Å². The molecular formula is C18H29N3O3. The van der Waals surface area contributed by atoms with Crippen LogP contribution in [0.1, 0.15) is 42.9 Å². The first-order valence-electron chi connectivity index (χ1n) is 8.89. The molecule has 24 heavy (non-hydrogen) atoms. The minimum Gasteiger partial charge on any atom is -0.394 e. The second-order valence-corrected chi connectivity index (χ2v) is 7.06. The Hall–Kier alpha value is -1.08. The van der Waals surface area contributed by atoms with Crippen molar-refractivity contribution in [3.05, 3.63) is 23.3 Å². The van der Waals surface area contributed by atoms with Crippen LogP contribution in [-0.4, -0.2) is 64.6 Å². The highest BCUT2D eigenvalue weighted by atomic mass is 16.5. The number of likely N-dealkylation sites (tertiary alicyclic amines) is 1. The highest BCUT2D eigenvalue weighted by Crippen LogP contribution is 2.43. The number of hydrogen-bond acceptors (Lipinski definition) is 6. The van der Waals surface area contributed by atoms with Crippen molar-refractivity contribution in [2.45, 2.75) is 63.8 Å². The minimum absolute atomic E-state index is 0.0715. The van der Waals surface area contributed by atoms with Crippen LogP contribution in [0, 0.1) is 13.8 Å². The fourth-order valence-corrected chi connectivity index (χ4v) is 4.37. The Morgan fingerprint density at radius 1 is 1.29 bits per heavy atom. The summed E-state index contributed by atoms with van der Waals surface area (Å²) in [6, 6.07) is 2.33. The van der Waals surface area contributed by atoms with E-state index in [2.05, 4.69) is 14.9 Å². The molecule has 1 N–H and O–H groups in total. The monoisotopic (exact) mass is 335 g/mol. The molecule has 1 aliphatic heterocycles. The van der Waals surface area contributed by atoms with Gasteiger partial charge in [0.25, 0.3) is 0 Å². The van der Waals surface area contributed by atoms with Crippen molar-refractivity contribution in [1.82, 2.24) is 14.9 Å². The smallest absolute Gasteiger partial charge is 0.142 e. The minimum atomic E-state index is -0.0715. The molecule has 1 saturated heterocycles. The van der Waals surface area contributed by atoms with Gasteiger partial charge in [-0.2, -0.15) is 0 Å². The fourth-order valence-electron chi connectivity index (χ4n) is 4.37. The van der Waals surface area contributed by atoms with Crippen LogP contribution >= 0.6 is 0 Å². The van der Waals surface area contributed by atoms with E-state index >= 15 is 0 Å². The molecule has 3 atom stereocenters. The summed E-state index contributed by atoms with van der Waals surface area (Å²) >= 11 is 0. The topological polar surface area (TPSA) is 67.7 Å². The first kappa shape index (κ1) is 17.7. The number of aliphatic hydroxyl groups is 1. The Morgan fingerprint density at radius 3 is 2.71 bits per heavy atom. The van der Waals surface area contributed by atoms with Gasteiger partial charge in [-0.3, -0.25) is 4.90 Å². The van der Waals surface area contributed by atoms with Crippen molar-refractivity contribution in [1.29, 1.82) is 0 Å². The van der Waals surface area contributed by atoms with Gasteiger partial charge in [0.2, 0.25) is 0 Å². The maximum atomic E-state index is 9.00. The molecule has 0 radical (unpaired) electrons. The molecule has 0 unspecified atom stereocenters. The van der Waals surface area contributed by atoms with Gasteiger partial charge in [0.15, 0.2) is 0 Å². The van der Waals surface area contributed by atoms with Crippen molar-refractivity contribution >= 4 is 0 Å². The van der Waals surface area contributed by atoms with E-state index < -0.39 is 0 Å². The van der Waals surface area contributed by atoms with E-state index in [9.17, 15) is 0 Å². The molecule has 2 fully saturated rings. The van der Waals surface area contributed by atoms with E-state index in [-0.39, 0.29) is 18.3 Å². The van der Waals surface area contributed by atoms with Crippen molar-refractivity contribution in [3.63, 3.8) is 0 Å². The number of ether oxygens (including phenoxy) is 2. The number of hydrogen-bond donors (Lipinski definition) is 1. The number of aryl methyl sites for hydroxylation is 2. The summed E-state index contributed by atoms with van der Waals surface area (Å²) in [7, 11) is 1.83. The van der Waals surface area contributed by atoms with E-state index in [0.717, 1.165) is 56.0 Å². The molecule has 2 aliphatic rings. The van der Waals surface area contributed by atoms with Crippen LogP contribution in [0.4, 0.5) is 0 Å². The van der Waals surface area contributed by atoms with Crippen LogP contribution in [-0.2, 0) is 16.0 Å². The molecule has 6 heteroatoms. The number of methoxy groups -OCH3 is 1. The van der Waals surface area contributed by atoms with Crippen LogP contribution < -0.4 is 0 Å². The normalized spacial score (nSPS) is 30.5.